The molecule has 1 nitrogen and oxygen atoms in total. The lowest BCUT2D eigenvalue weighted by Gasteiger charge is -2.14. The number of hydrogen-bond donors (Lipinski definition) is 1. The van der Waals surface area contributed by atoms with Gasteiger partial charge in [-0.05, 0) is 18.9 Å². The highest BCUT2D eigenvalue weighted by molar-refractivity contribution is 5.38. The van der Waals surface area contributed by atoms with Crippen molar-refractivity contribution in [2.24, 2.45) is 5.73 Å². The summed E-state index contributed by atoms with van der Waals surface area (Å²) < 4.78 is 0. The minimum atomic E-state index is 0.00829. The van der Waals surface area contributed by atoms with Crippen LogP contribution < -0.4 is 5.73 Å². The molecule has 1 aliphatic rings. The van der Waals surface area contributed by atoms with Crippen LogP contribution in [0.15, 0.2) is 30.3 Å². The fraction of sp³-hybridized carbons (Fsp3) is 0.455. The van der Waals surface area contributed by atoms with Gasteiger partial charge in [0.25, 0.3) is 0 Å². The Kier molecular flexibility index (Phi) is 1.37. The first-order valence-electron chi connectivity index (χ1n) is 4.41. The quantitative estimate of drug-likeness (QED) is 0.670. The molecule has 2 rings (SSSR count). The van der Waals surface area contributed by atoms with Crippen molar-refractivity contribution in [1.82, 2.24) is 0 Å². The Morgan fingerprint density at radius 3 is 2.08 bits per heavy atom. The lowest BCUT2D eigenvalue weighted by molar-refractivity contribution is 0.611. The molecule has 1 heteroatoms. The molecule has 2 N–H and O–H groups in total. The highest BCUT2D eigenvalue weighted by Crippen LogP contribution is 2.55. The van der Waals surface area contributed by atoms with Crippen molar-refractivity contribution in [2.75, 3.05) is 0 Å². The Morgan fingerprint density at radius 2 is 1.67 bits per heavy atom. The minimum absolute atomic E-state index is 0.00829. The summed E-state index contributed by atoms with van der Waals surface area (Å²) in [6.45, 7) is 4.36. The van der Waals surface area contributed by atoms with Crippen molar-refractivity contribution < 1.29 is 0 Å². The summed E-state index contributed by atoms with van der Waals surface area (Å²) in [5.74, 6) is 0. The SMILES string of the molecule is CC1(N)CC1(C)c1ccccc1. The highest BCUT2D eigenvalue weighted by atomic mass is 14.9. The van der Waals surface area contributed by atoms with E-state index in [0.717, 1.165) is 6.42 Å². The minimum Gasteiger partial charge on any atom is -0.325 e. The number of nitrogens with two attached hydrogens (primary N) is 1. The Morgan fingerprint density at radius 1 is 1.17 bits per heavy atom. The zero-order valence-corrected chi connectivity index (χ0v) is 7.67. The maximum atomic E-state index is 6.08. The standard InChI is InChI=1S/C11H15N/c1-10(8-11(10,2)12)9-6-4-3-5-7-9/h3-7H,8,12H2,1-2H3. The van der Waals surface area contributed by atoms with Crippen molar-refractivity contribution in [3.8, 4) is 0 Å². The van der Waals surface area contributed by atoms with Crippen LogP contribution in [-0.2, 0) is 5.41 Å². The molecule has 1 saturated carbocycles. The molecule has 1 aromatic rings. The Labute approximate surface area is 73.6 Å². The average molecular weight is 161 g/mol. The van der Waals surface area contributed by atoms with Crippen LogP contribution in [0.1, 0.15) is 25.8 Å². The molecule has 0 radical (unpaired) electrons. The monoisotopic (exact) mass is 161 g/mol. The molecule has 2 unspecified atom stereocenters. The molecule has 0 heterocycles. The zero-order chi connectivity index (χ0) is 8.82. The van der Waals surface area contributed by atoms with Gasteiger partial charge < -0.3 is 5.73 Å². The van der Waals surface area contributed by atoms with Crippen LogP contribution in [0.5, 0.6) is 0 Å². The number of benzene rings is 1. The fourth-order valence-corrected chi connectivity index (χ4v) is 1.93. The predicted molar refractivity (Wildman–Crippen MR) is 51.0 cm³/mol. The van der Waals surface area contributed by atoms with Gasteiger partial charge in [-0.25, -0.2) is 0 Å². The maximum absolute atomic E-state index is 6.08. The first-order valence-corrected chi connectivity index (χ1v) is 4.41. The average Bonchev–Trinajstić information content (AvgIpc) is 2.55. The van der Waals surface area contributed by atoms with Crippen molar-refractivity contribution >= 4 is 0 Å². The molecule has 2 atom stereocenters. The number of rotatable bonds is 1. The van der Waals surface area contributed by atoms with Gasteiger partial charge in [0.2, 0.25) is 0 Å². The third kappa shape index (κ3) is 0.896. The van der Waals surface area contributed by atoms with Crippen LogP contribution in [-0.4, -0.2) is 5.54 Å². The van der Waals surface area contributed by atoms with E-state index in [9.17, 15) is 0 Å². The van der Waals surface area contributed by atoms with Gasteiger partial charge in [0.05, 0.1) is 0 Å². The molecule has 0 aromatic heterocycles. The van der Waals surface area contributed by atoms with Gasteiger partial charge in [0.15, 0.2) is 0 Å². The summed E-state index contributed by atoms with van der Waals surface area (Å²) in [7, 11) is 0. The molecule has 64 valence electrons. The first kappa shape index (κ1) is 7.81. The van der Waals surface area contributed by atoms with Crippen molar-refractivity contribution in [1.29, 1.82) is 0 Å². The van der Waals surface area contributed by atoms with E-state index in [2.05, 4.69) is 38.1 Å². The Bertz CT molecular complexity index is 289. The molecule has 1 fully saturated rings. The summed E-state index contributed by atoms with van der Waals surface area (Å²) in [6.07, 6.45) is 1.10. The van der Waals surface area contributed by atoms with E-state index in [4.69, 9.17) is 5.73 Å². The van der Waals surface area contributed by atoms with Crippen molar-refractivity contribution in [2.45, 2.75) is 31.2 Å². The van der Waals surface area contributed by atoms with Gasteiger partial charge in [0, 0.05) is 11.0 Å². The summed E-state index contributed by atoms with van der Waals surface area (Å²) in [4.78, 5) is 0. The molecular weight excluding hydrogens is 146 g/mol. The van der Waals surface area contributed by atoms with Gasteiger partial charge in [-0.15, -0.1) is 0 Å². The summed E-state index contributed by atoms with van der Waals surface area (Å²) in [5, 5.41) is 0. The number of hydrogen-bond acceptors (Lipinski definition) is 1. The van der Waals surface area contributed by atoms with Gasteiger partial charge >= 0.3 is 0 Å². The summed E-state index contributed by atoms with van der Waals surface area (Å²) >= 11 is 0. The lowest BCUT2D eigenvalue weighted by atomic mass is 9.94. The van der Waals surface area contributed by atoms with Crippen molar-refractivity contribution in [3.63, 3.8) is 0 Å². The predicted octanol–water partition coefficient (Wildman–Crippen LogP) is 2.07. The Hall–Kier alpha value is -0.820. The topological polar surface area (TPSA) is 26.0 Å². The van der Waals surface area contributed by atoms with E-state index >= 15 is 0 Å². The van der Waals surface area contributed by atoms with Gasteiger partial charge in [0.1, 0.15) is 0 Å². The largest absolute Gasteiger partial charge is 0.325 e. The molecule has 12 heavy (non-hydrogen) atoms. The molecule has 1 aromatic carbocycles. The van der Waals surface area contributed by atoms with Crippen LogP contribution in [0.25, 0.3) is 0 Å². The smallest absolute Gasteiger partial charge is 0.0230 e. The third-order valence-corrected chi connectivity index (χ3v) is 3.27. The van der Waals surface area contributed by atoms with Crippen molar-refractivity contribution in [3.05, 3.63) is 35.9 Å². The van der Waals surface area contributed by atoms with Gasteiger partial charge in [-0.1, -0.05) is 37.3 Å². The van der Waals surface area contributed by atoms with E-state index < -0.39 is 0 Å². The van der Waals surface area contributed by atoms with E-state index in [1.807, 2.05) is 6.07 Å². The highest BCUT2D eigenvalue weighted by Gasteiger charge is 2.59. The normalized spacial score (nSPS) is 39.6. The zero-order valence-electron chi connectivity index (χ0n) is 7.67. The van der Waals surface area contributed by atoms with Gasteiger partial charge in [-0.2, -0.15) is 0 Å². The summed E-state index contributed by atoms with van der Waals surface area (Å²) in [6, 6.07) is 10.5. The van der Waals surface area contributed by atoms with Crippen LogP contribution in [0.3, 0.4) is 0 Å². The Balaban J connectivity index is 2.35. The van der Waals surface area contributed by atoms with E-state index in [0.29, 0.717) is 0 Å². The molecule has 0 saturated heterocycles. The van der Waals surface area contributed by atoms with Crippen LogP contribution in [0.2, 0.25) is 0 Å². The molecule has 0 amide bonds. The van der Waals surface area contributed by atoms with Crippen LogP contribution in [0, 0.1) is 0 Å². The molecular formula is C11H15N. The van der Waals surface area contributed by atoms with Crippen LogP contribution in [0.4, 0.5) is 0 Å². The lowest BCUT2D eigenvalue weighted by Crippen LogP contribution is -2.27. The van der Waals surface area contributed by atoms with E-state index in [-0.39, 0.29) is 11.0 Å². The third-order valence-electron chi connectivity index (χ3n) is 3.27. The maximum Gasteiger partial charge on any atom is 0.0230 e. The second-order valence-corrected chi connectivity index (χ2v) is 4.29. The second-order valence-electron chi connectivity index (χ2n) is 4.29. The molecule has 0 aliphatic heterocycles. The van der Waals surface area contributed by atoms with E-state index in [1.165, 1.54) is 5.56 Å². The fourth-order valence-electron chi connectivity index (χ4n) is 1.93. The summed E-state index contributed by atoms with van der Waals surface area (Å²) in [5.41, 5.74) is 7.67. The van der Waals surface area contributed by atoms with Gasteiger partial charge in [-0.3, -0.25) is 0 Å². The first-order chi connectivity index (χ1) is 5.56. The molecule has 1 aliphatic carbocycles. The molecule has 0 bridgehead atoms. The van der Waals surface area contributed by atoms with Crippen LogP contribution >= 0.6 is 0 Å². The second kappa shape index (κ2) is 2.11. The molecule has 0 spiro atoms. The van der Waals surface area contributed by atoms with E-state index in [1.54, 1.807) is 0 Å².